The summed E-state index contributed by atoms with van der Waals surface area (Å²) < 4.78 is 32.1. The van der Waals surface area contributed by atoms with Crippen molar-refractivity contribution in [2.75, 3.05) is 32.8 Å². The Labute approximate surface area is 178 Å². The first-order valence-electron chi connectivity index (χ1n) is 8.76. The third kappa shape index (κ3) is 4.96. The maximum atomic E-state index is 12.9. The molecule has 0 amide bonds. The monoisotopic (exact) mass is 456 g/mol. The van der Waals surface area contributed by atoms with Gasteiger partial charge in [-0.15, -0.1) is 0 Å². The minimum absolute atomic E-state index is 0.0635. The molecule has 1 aliphatic rings. The lowest BCUT2D eigenvalue weighted by atomic mass is 10.1. The van der Waals surface area contributed by atoms with Crippen LogP contribution in [0.4, 0.5) is 0 Å². The van der Waals surface area contributed by atoms with Crippen LogP contribution in [-0.4, -0.2) is 57.3 Å². The van der Waals surface area contributed by atoms with E-state index in [9.17, 15) is 18.0 Å². The molecule has 1 aliphatic heterocycles. The van der Waals surface area contributed by atoms with Crippen molar-refractivity contribution in [2.45, 2.75) is 4.90 Å². The second-order valence-corrected chi connectivity index (χ2v) is 9.00. The van der Waals surface area contributed by atoms with E-state index >= 15 is 0 Å². The smallest absolute Gasteiger partial charge is 0.340 e. The van der Waals surface area contributed by atoms with E-state index in [1.165, 1.54) is 10.4 Å². The van der Waals surface area contributed by atoms with Crippen molar-refractivity contribution in [3.63, 3.8) is 0 Å². The first-order chi connectivity index (χ1) is 13.8. The molecule has 0 aliphatic carbocycles. The van der Waals surface area contributed by atoms with Gasteiger partial charge in [0.2, 0.25) is 10.0 Å². The highest BCUT2D eigenvalue weighted by Gasteiger charge is 2.30. The molecule has 0 radical (unpaired) electrons. The third-order valence-electron chi connectivity index (χ3n) is 4.37. The predicted octanol–water partition coefficient (Wildman–Crippen LogP) is 2.63. The van der Waals surface area contributed by atoms with E-state index in [-0.39, 0.29) is 33.6 Å². The number of esters is 1. The number of halogens is 2. The molecular formula is C19H18Cl2N2O5S. The molecule has 0 unspecified atom stereocenters. The van der Waals surface area contributed by atoms with Crippen LogP contribution in [0.1, 0.15) is 20.7 Å². The van der Waals surface area contributed by atoms with Gasteiger partial charge in [0, 0.05) is 31.7 Å². The number of carbonyl (C=O) groups excluding carboxylic acids is 2. The number of ketones is 1. The number of hydrogen-bond donors (Lipinski definition) is 1. The number of Topliss-reactive ketones (excluding diaryl/α,β-unsaturated/α-hetero) is 1. The van der Waals surface area contributed by atoms with Crippen molar-refractivity contribution in [3.05, 3.63) is 63.6 Å². The Morgan fingerprint density at radius 1 is 1.03 bits per heavy atom. The Balaban J connectivity index is 1.81. The van der Waals surface area contributed by atoms with Gasteiger partial charge in [-0.3, -0.25) is 4.79 Å². The predicted molar refractivity (Wildman–Crippen MR) is 109 cm³/mol. The van der Waals surface area contributed by atoms with E-state index in [0.29, 0.717) is 18.7 Å². The van der Waals surface area contributed by atoms with Crippen LogP contribution in [0, 0.1) is 0 Å². The maximum Gasteiger partial charge on any atom is 0.340 e. The Morgan fingerprint density at radius 2 is 1.69 bits per heavy atom. The van der Waals surface area contributed by atoms with Crippen LogP contribution >= 0.6 is 23.2 Å². The van der Waals surface area contributed by atoms with Gasteiger partial charge in [0.15, 0.2) is 12.4 Å². The van der Waals surface area contributed by atoms with E-state index in [0.717, 1.165) is 6.07 Å². The summed E-state index contributed by atoms with van der Waals surface area (Å²) in [7, 11) is -3.91. The van der Waals surface area contributed by atoms with Gasteiger partial charge >= 0.3 is 5.97 Å². The molecule has 2 aromatic carbocycles. The fourth-order valence-corrected chi connectivity index (χ4v) is 5.09. The van der Waals surface area contributed by atoms with Crippen LogP contribution in [0.3, 0.4) is 0 Å². The fraction of sp³-hybridized carbons (Fsp3) is 0.263. The van der Waals surface area contributed by atoms with Crippen LogP contribution in [0.2, 0.25) is 10.0 Å². The SMILES string of the molecule is O=C(COC(=O)c1cc(S(=O)(=O)N2CCNCC2)c(Cl)cc1Cl)c1ccccc1. The number of hydrogen-bond acceptors (Lipinski definition) is 6. The highest BCUT2D eigenvalue weighted by atomic mass is 35.5. The quantitative estimate of drug-likeness (QED) is 0.530. The van der Waals surface area contributed by atoms with E-state index < -0.39 is 28.4 Å². The summed E-state index contributed by atoms with van der Waals surface area (Å²) in [5.74, 6) is -1.30. The summed E-state index contributed by atoms with van der Waals surface area (Å²) in [6, 6.07) is 10.6. The molecular weight excluding hydrogens is 439 g/mol. The average Bonchev–Trinajstić information content (AvgIpc) is 2.73. The minimum atomic E-state index is -3.91. The molecule has 0 saturated carbocycles. The molecule has 0 bridgehead atoms. The summed E-state index contributed by atoms with van der Waals surface area (Å²) in [6.07, 6.45) is 0. The Hall–Kier alpha value is -1.97. The Morgan fingerprint density at radius 3 is 2.34 bits per heavy atom. The molecule has 1 N–H and O–H groups in total. The molecule has 0 aromatic heterocycles. The van der Waals surface area contributed by atoms with Crippen LogP contribution in [0.25, 0.3) is 0 Å². The average molecular weight is 457 g/mol. The van der Waals surface area contributed by atoms with Crippen molar-refractivity contribution in [2.24, 2.45) is 0 Å². The molecule has 154 valence electrons. The van der Waals surface area contributed by atoms with Gasteiger partial charge in [0.1, 0.15) is 4.90 Å². The van der Waals surface area contributed by atoms with Crippen LogP contribution in [0.5, 0.6) is 0 Å². The van der Waals surface area contributed by atoms with Gasteiger partial charge in [-0.05, 0) is 12.1 Å². The summed E-state index contributed by atoms with van der Waals surface area (Å²) in [5, 5.41) is 2.91. The van der Waals surface area contributed by atoms with E-state index in [1.54, 1.807) is 30.3 Å². The van der Waals surface area contributed by atoms with Gasteiger partial charge in [-0.2, -0.15) is 4.31 Å². The zero-order chi connectivity index (χ0) is 21.0. The molecule has 3 rings (SSSR count). The number of ether oxygens (including phenoxy) is 1. The number of piperazine rings is 1. The van der Waals surface area contributed by atoms with Crippen molar-refractivity contribution in [3.8, 4) is 0 Å². The van der Waals surface area contributed by atoms with Crippen molar-refractivity contribution in [1.82, 2.24) is 9.62 Å². The zero-order valence-corrected chi connectivity index (χ0v) is 17.6. The van der Waals surface area contributed by atoms with Gasteiger partial charge in [0.25, 0.3) is 0 Å². The molecule has 1 saturated heterocycles. The summed E-state index contributed by atoms with van der Waals surface area (Å²) in [6.45, 7) is 1.10. The number of rotatable bonds is 6. The van der Waals surface area contributed by atoms with Crippen molar-refractivity contribution in [1.29, 1.82) is 0 Å². The molecule has 0 spiro atoms. The number of carbonyl (C=O) groups is 2. The third-order valence-corrected chi connectivity index (χ3v) is 7.04. The molecule has 29 heavy (non-hydrogen) atoms. The lowest BCUT2D eigenvalue weighted by Crippen LogP contribution is -2.46. The molecule has 0 atom stereocenters. The second kappa shape index (κ2) is 9.23. The van der Waals surface area contributed by atoms with Gasteiger partial charge < -0.3 is 10.1 Å². The molecule has 7 nitrogen and oxygen atoms in total. The number of nitrogens with one attached hydrogen (secondary N) is 1. The first kappa shape index (κ1) is 21.7. The number of benzene rings is 2. The Kier molecular flexibility index (Phi) is 6.92. The number of sulfonamides is 1. The van der Waals surface area contributed by atoms with Gasteiger partial charge in [-0.25, -0.2) is 13.2 Å². The van der Waals surface area contributed by atoms with Crippen molar-refractivity contribution < 1.29 is 22.7 Å². The standard InChI is InChI=1S/C19H18Cl2N2O5S/c20-15-11-16(21)18(29(26,27)23-8-6-22-7-9-23)10-14(15)19(25)28-12-17(24)13-4-2-1-3-5-13/h1-5,10-11,22H,6-9,12H2. The highest BCUT2D eigenvalue weighted by molar-refractivity contribution is 7.89. The fourth-order valence-electron chi connectivity index (χ4n) is 2.82. The highest BCUT2D eigenvalue weighted by Crippen LogP contribution is 2.31. The minimum Gasteiger partial charge on any atom is -0.454 e. The largest absolute Gasteiger partial charge is 0.454 e. The van der Waals surface area contributed by atoms with E-state index in [4.69, 9.17) is 27.9 Å². The van der Waals surface area contributed by atoms with Gasteiger partial charge in [0.05, 0.1) is 15.6 Å². The lowest BCUT2D eigenvalue weighted by Gasteiger charge is -2.27. The number of nitrogens with zero attached hydrogens (tertiary/aromatic N) is 1. The first-order valence-corrected chi connectivity index (χ1v) is 11.0. The zero-order valence-electron chi connectivity index (χ0n) is 15.2. The van der Waals surface area contributed by atoms with Crippen LogP contribution in [0.15, 0.2) is 47.4 Å². The maximum absolute atomic E-state index is 12.9. The summed E-state index contributed by atoms with van der Waals surface area (Å²) >= 11 is 12.2. The van der Waals surface area contributed by atoms with Crippen molar-refractivity contribution >= 4 is 45.0 Å². The molecule has 10 heteroatoms. The molecule has 1 heterocycles. The molecule has 1 fully saturated rings. The Bertz CT molecular complexity index is 1020. The van der Waals surface area contributed by atoms with Gasteiger partial charge in [-0.1, -0.05) is 53.5 Å². The molecule has 2 aromatic rings. The lowest BCUT2D eigenvalue weighted by molar-refractivity contribution is 0.0474. The van der Waals surface area contributed by atoms with Crippen LogP contribution in [-0.2, 0) is 14.8 Å². The summed E-state index contributed by atoms with van der Waals surface area (Å²) in [5.41, 5.74) is 0.218. The topological polar surface area (TPSA) is 92.8 Å². The summed E-state index contributed by atoms with van der Waals surface area (Å²) in [4.78, 5) is 24.3. The second-order valence-electron chi connectivity index (χ2n) is 6.28. The normalized spacial score (nSPS) is 15.1. The van der Waals surface area contributed by atoms with E-state index in [2.05, 4.69) is 5.32 Å². The van der Waals surface area contributed by atoms with E-state index in [1.807, 2.05) is 0 Å². The van der Waals surface area contributed by atoms with Crippen LogP contribution < -0.4 is 5.32 Å².